The first-order valence-corrected chi connectivity index (χ1v) is 8.32. The molecule has 3 nitrogen and oxygen atoms in total. The molecule has 0 saturated carbocycles. The number of piperidine rings is 1. The zero-order chi connectivity index (χ0) is 14.7. The topological polar surface area (TPSA) is 9.72 Å². The van der Waals surface area contributed by atoms with Gasteiger partial charge < -0.3 is 4.90 Å². The van der Waals surface area contributed by atoms with Crippen LogP contribution in [-0.4, -0.2) is 78.8 Å². The SMILES string of the molecule is CC(C)N1CCN(C[C@@H]2CCN(C(C)C)C[C@H]2F)CC1. The van der Waals surface area contributed by atoms with Gasteiger partial charge in [-0.15, -0.1) is 0 Å². The summed E-state index contributed by atoms with van der Waals surface area (Å²) in [6.45, 7) is 16.0. The van der Waals surface area contributed by atoms with Gasteiger partial charge in [0.05, 0.1) is 0 Å². The van der Waals surface area contributed by atoms with Gasteiger partial charge in [0, 0.05) is 57.3 Å². The second kappa shape index (κ2) is 7.19. The van der Waals surface area contributed by atoms with Crippen molar-refractivity contribution < 1.29 is 4.39 Å². The van der Waals surface area contributed by atoms with E-state index in [0.717, 1.165) is 45.7 Å². The molecule has 0 amide bonds. The highest BCUT2D eigenvalue weighted by Crippen LogP contribution is 2.23. The van der Waals surface area contributed by atoms with Gasteiger partial charge in [0.1, 0.15) is 6.17 Å². The summed E-state index contributed by atoms with van der Waals surface area (Å²) in [7, 11) is 0. The maximum absolute atomic E-state index is 14.3. The van der Waals surface area contributed by atoms with E-state index >= 15 is 0 Å². The van der Waals surface area contributed by atoms with Crippen LogP contribution in [0.3, 0.4) is 0 Å². The maximum atomic E-state index is 14.3. The summed E-state index contributed by atoms with van der Waals surface area (Å²) in [6, 6.07) is 1.11. The van der Waals surface area contributed by atoms with Crippen LogP contribution >= 0.6 is 0 Å². The molecular weight excluding hydrogens is 253 g/mol. The molecule has 0 bridgehead atoms. The van der Waals surface area contributed by atoms with Crippen LogP contribution in [0.25, 0.3) is 0 Å². The van der Waals surface area contributed by atoms with Gasteiger partial charge in [0.15, 0.2) is 0 Å². The summed E-state index contributed by atoms with van der Waals surface area (Å²) < 4.78 is 14.3. The summed E-state index contributed by atoms with van der Waals surface area (Å²) in [6.07, 6.45) is 0.373. The average Bonchev–Trinajstić information content (AvgIpc) is 2.41. The number of hydrogen-bond acceptors (Lipinski definition) is 3. The molecule has 0 radical (unpaired) electrons. The number of halogens is 1. The molecule has 0 spiro atoms. The van der Waals surface area contributed by atoms with E-state index in [9.17, 15) is 4.39 Å². The van der Waals surface area contributed by atoms with Gasteiger partial charge in [-0.2, -0.15) is 0 Å². The molecule has 2 aliphatic rings. The monoisotopic (exact) mass is 285 g/mol. The zero-order valence-electron chi connectivity index (χ0n) is 13.7. The lowest BCUT2D eigenvalue weighted by Gasteiger charge is -2.42. The lowest BCUT2D eigenvalue weighted by molar-refractivity contribution is 0.0303. The second-order valence-corrected chi connectivity index (χ2v) is 7.08. The van der Waals surface area contributed by atoms with Crippen LogP contribution < -0.4 is 0 Å². The third kappa shape index (κ3) is 4.15. The fourth-order valence-corrected chi connectivity index (χ4v) is 3.45. The van der Waals surface area contributed by atoms with Crippen molar-refractivity contribution in [1.82, 2.24) is 14.7 Å². The van der Waals surface area contributed by atoms with Crippen LogP contribution in [0.4, 0.5) is 4.39 Å². The first-order chi connectivity index (χ1) is 9.47. The highest BCUT2D eigenvalue weighted by Gasteiger charge is 2.32. The van der Waals surface area contributed by atoms with Crippen LogP contribution in [0, 0.1) is 5.92 Å². The van der Waals surface area contributed by atoms with Crippen molar-refractivity contribution in [3.63, 3.8) is 0 Å². The Morgan fingerprint density at radius 1 is 0.900 bits per heavy atom. The number of alkyl halides is 1. The van der Waals surface area contributed by atoms with Crippen molar-refractivity contribution in [3.8, 4) is 0 Å². The molecule has 0 N–H and O–H groups in total. The van der Waals surface area contributed by atoms with Gasteiger partial charge in [-0.05, 0) is 40.7 Å². The molecule has 118 valence electrons. The van der Waals surface area contributed by atoms with E-state index in [4.69, 9.17) is 0 Å². The molecular formula is C16H32FN3. The first-order valence-electron chi connectivity index (χ1n) is 8.32. The van der Waals surface area contributed by atoms with Crippen LogP contribution in [0.2, 0.25) is 0 Å². The highest BCUT2D eigenvalue weighted by molar-refractivity contribution is 4.85. The molecule has 4 heteroatoms. The molecule has 2 aliphatic heterocycles. The molecule has 2 rings (SSSR count). The number of nitrogens with zero attached hydrogens (tertiary/aromatic N) is 3. The Kier molecular flexibility index (Phi) is 5.82. The maximum Gasteiger partial charge on any atom is 0.117 e. The van der Waals surface area contributed by atoms with Gasteiger partial charge in [-0.25, -0.2) is 4.39 Å². The molecule has 0 aliphatic carbocycles. The minimum absolute atomic E-state index is 0.246. The Balaban J connectivity index is 1.75. The van der Waals surface area contributed by atoms with Crippen LogP contribution in [0.1, 0.15) is 34.1 Å². The average molecular weight is 285 g/mol. The predicted octanol–water partition coefficient (Wildman–Crippen LogP) is 2.08. The number of piperazine rings is 1. The first kappa shape index (κ1) is 16.2. The van der Waals surface area contributed by atoms with Gasteiger partial charge in [-0.1, -0.05) is 0 Å². The van der Waals surface area contributed by atoms with Crippen LogP contribution in [-0.2, 0) is 0 Å². The summed E-state index contributed by atoms with van der Waals surface area (Å²) in [5.41, 5.74) is 0. The number of hydrogen-bond donors (Lipinski definition) is 0. The Hall–Kier alpha value is -0.190. The normalized spacial score (nSPS) is 31.4. The molecule has 0 aromatic heterocycles. The van der Waals surface area contributed by atoms with Crippen molar-refractivity contribution in [1.29, 1.82) is 0 Å². The van der Waals surface area contributed by atoms with Gasteiger partial charge >= 0.3 is 0 Å². The van der Waals surface area contributed by atoms with Crippen molar-refractivity contribution in [2.24, 2.45) is 5.92 Å². The Morgan fingerprint density at radius 2 is 1.50 bits per heavy atom. The minimum atomic E-state index is -0.644. The highest BCUT2D eigenvalue weighted by atomic mass is 19.1. The molecule has 2 fully saturated rings. The summed E-state index contributed by atoms with van der Waals surface area (Å²) >= 11 is 0. The van der Waals surface area contributed by atoms with Gasteiger partial charge in [0.25, 0.3) is 0 Å². The lowest BCUT2D eigenvalue weighted by atomic mass is 9.93. The van der Waals surface area contributed by atoms with E-state index < -0.39 is 6.17 Å². The smallest absolute Gasteiger partial charge is 0.117 e. The van der Waals surface area contributed by atoms with Gasteiger partial charge in [0.2, 0.25) is 0 Å². The molecule has 0 aromatic carbocycles. The van der Waals surface area contributed by atoms with Crippen molar-refractivity contribution in [2.45, 2.75) is 52.4 Å². The lowest BCUT2D eigenvalue weighted by Crippen LogP contribution is -2.53. The molecule has 2 atom stereocenters. The predicted molar refractivity (Wildman–Crippen MR) is 82.9 cm³/mol. The number of rotatable bonds is 4. The van der Waals surface area contributed by atoms with E-state index in [1.165, 1.54) is 0 Å². The molecule has 2 saturated heterocycles. The standard InChI is InChI=1S/C16H32FN3/c1-13(2)19-9-7-18(8-10-19)11-15-5-6-20(14(3)4)12-16(15)17/h13-16H,5-12H2,1-4H3/t15-,16+/m0/s1. The molecule has 20 heavy (non-hydrogen) atoms. The Labute approximate surface area is 124 Å². The molecule has 0 unspecified atom stereocenters. The zero-order valence-corrected chi connectivity index (χ0v) is 13.7. The quantitative estimate of drug-likeness (QED) is 0.783. The third-order valence-corrected chi connectivity index (χ3v) is 5.07. The molecule has 0 aromatic rings. The second-order valence-electron chi connectivity index (χ2n) is 7.08. The van der Waals surface area contributed by atoms with Crippen molar-refractivity contribution in [2.75, 3.05) is 45.8 Å². The minimum Gasteiger partial charge on any atom is -0.300 e. The largest absolute Gasteiger partial charge is 0.300 e. The van der Waals surface area contributed by atoms with E-state index in [1.807, 2.05) is 0 Å². The van der Waals surface area contributed by atoms with E-state index in [0.29, 0.717) is 18.6 Å². The van der Waals surface area contributed by atoms with Crippen molar-refractivity contribution in [3.05, 3.63) is 0 Å². The van der Waals surface area contributed by atoms with Crippen molar-refractivity contribution >= 4 is 0 Å². The molecule has 2 heterocycles. The Bertz CT molecular complexity index is 287. The summed E-state index contributed by atoms with van der Waals surface area (Å²) in [5, 5.41) is 0. The van der Waals surface area contributed by atoms with E-state index in [1.54, 1.807) is 0 Å². The van der Waals surface area contributed by atoms with Crippen LogP contribution in [0.5, 0.6) is 0 Å². The van der Waals surface area contributed by atoms with Crippen LogP contribution in [0.15, 0.2) is 0 Å². The summed E-state index contributed by atoms with van der Waals surface area (Å²) in [4.78, 5) is 7.27. The van der Waals surface area contributed by atoms with E-state index in [2.05, 4.69) is 42.4 Å². The fourth-order valence-electron chi connectivity index (χ4n) is 3.45. The fraction of sp³-hybridized carbons (Fsp3) is 1.00. The Morgan fingerprint density at radius 3 is 2.00 bits per heavy atom. The third-order valence-electron chi connectivity index (χ3n) is 5.07. The summed E-state index contributed by atoms with van der Waals surface area (Å²) in [5.74, 6) is 0.246. The van der Waals surface area contributed by atoms with Gasteiger partial charge in [-0.3, -0.25) is 9.80 Å². The number of likely N-dealkylation sites (tertiary alicyclic amines) is 1. The van der Waals surface area contributed by atoms with E-state index in [-0.39, 0.29) is 5.92 Å².